The van der Waals surface area contributed by atoms with Gasteiger partial charge in [0.1, 0.15) is 17.5 Å². The molecule has 3 unspecified atom stereocenters. The van der Waals surface area contributed by atoms with Gasteiger partial charge in [0.15, 0.2) is 17.0 Å². The average Bonchev–Trinajstić information content (AvgIpc) is 3.02. The standard InChI is InChI=1S/C16H17F3N4O3S/c1-15(2)13(24)12(23-6-5-21-14(23)22-8-20)10-7-9(3-4-11(10)26-15)27(25)16(17,18)19/h3-4,7,12-13,24H,5-6H2,1-2H3,(H,21,22). The first-order valence-corrected chi connectivity index (χ1v) is 9.17. The van der Waals surface area contributed by atoms with Gasteiger partial charge in [-0.05, 0) is 32.0 Å². The molecule has 3 atom stereocenters. The first-order chi connectivity index (χ1) is 12.6. The number of halogens is 3. The Labute approximate surface area is 155 Å². The van der Waals surface area contributed by atoms with Gasteiger partial charge in [0.05, 0.1) is 12.6 Å². The lowest BCUT2D eigenvalue weighted by Gasteiger charge is -2.45. The SMILES string of the molecule is CC1(C)Oc2ccc(S(=O)C(F)(F)F)cc2C(N2CCN=C2NC#N)C1O. The van der Waals surface area contributed by atoms with Crippen LogP contribution in [0.3, 0.4) is 0 Å². The van der Waals surface area contributed by atoms with Gasteiger partial charge in [-0.15, -0.1) is 0 Å². The minimum Gasteiger partial charge on any atom is -0.485 e. The topological polar surface area (TPSA) is 98.0 Å². The Bertz CT molecular complexity index is 850. The van der Waals surface area contributed by atoms with Gasteiger partial charge in [0, 0.05) is 17.0 Å². The Morgan fingerprint density at radius 1 is 1.48 bits per heavy atom. The first kappa shape index (κ1) is 19.4. The third-order valence-corrected chi connectivity index (χ3v) is 5.59. The van der Waals surface area contributed by atoms with Crippen molar-refractivity contribution in [2.24, 2.45) is 4.99 Å². The van der Waals surface area contributed by atoms with Crippen molar-refractivity contribution in [3.8, 4) is 11.9 Å². The van der Waals surface area contributed by atoms with Crippen molar-refractivity contribution in [1.29, 1.82) is 5.26 Å². The van der Waals surface area contributed by atoms with Crippen molar-refractivity contribution in [2.75, 3.05) is 13.1 Å². The van der Waals surface area contributed by atoms with Crippen LogP contribution in [0, 0.1) is 11.5 Å². The largest absolute Gasteiger partial charge is 0.485 e. The van der Waals surface area contributed by atoms with E-state index >= 15 is 0 Å². The molecule has 7 nitrogen and oxygen atoms in total. The average molecular weight is 402 g/mol. The molecule has 2 aliphatic rings. The summed E-state index contributed by atoms with van der Waals surface area (Å²) in [5.74, 6) is 0.494. The predicted molar refractivity (Wildman–Crippen MR) is 90.1 cm³/mol. The van der Waals surface area contributed by atoms with E-state index in [1.165, 1.54) is 6.07 Å². The number of hydrogen-bond acceptors (Lipinski definition) is 7. The van der Waals surface area contributed by atoms with Crippen molar-refractivity contribution in [2.45, 2.75) is 42.0 Å². The molecule has 1 aromatic carbocycles. The van der Waals surface area contributed by atoms with Crippen molar-refractivity contribution in [3.05, 3.63) is 23.8 Å². The fraction of sp³-hybridized carbons (Fsp3) is 0.500. The lowest BCUT2D eigenvalue weighted by Crippen LogP contribution is -2.55. The van der Waals surface area contributed by atoms with Crippen molar-refractivity contribution in [1.82, 2.24) is 10.2 Å². The fourth-order valence-corrected chi connectivity index (χ4v) is 3.92. The molecule has 2 N–H and O–H groups in total. The number of nitriles is 1. The molecule has 0 fully saturated rings. The van der Waals surface area contributed by atoms with Crippen LogP contribution >= 0.6 is 0 Å². The van der Waals surface area contributed by atoms with Gasteiger partial charge in [-0.3, -0.25) is 10.3 Å². The highest BCUT2D eigenvalue weighted by Gasteiger charge is 2.48. The third-order valence-electron chi connectivity index (χ3n) is 4.49. The molecule has 2 heterocycles. The summed E-state index contributed by atoms with van der Waals surface area (Å²) in [7, 11) is -3.21. The van der Waals surface area contributed by atoms with E-state index in [1.807, 2.05) is 0 Å². The van der Waals surface area contributed by atoms with Gasteiger partial charge in [-0.1, -0.05) is 0 Å². The molecule has 3 rings (SSSR count). The van der Waals surface area contributed by atoms with Crippen LogP contribution in [0.15, 0.2) is 28.1 Å². The Hall–Kier alpha value is -2.32. The molecule has 27 heavy (non-hydrogen) atoms. The molecular weight excluding hydrogens is 385 g/mol. The van der Waals surface area contributed by atoms with Crippen molar-refractivity contribution in [3.63, 3.8) is 0 Å². The Morgan fingerprint density at radius 3 is 2.81 bits per heavy atom. The first-order valence-electron chi connectivity index (χ1n) is 8.02. The summed E-state index contributed by atoms with van der Waals surface area (Å²) >= 11 is 0. The van der Waals surface area contributed by atoms with Gasteiger partial charge in [-0.2, -0.15) is 18.4 Å². The smallest absolute Gasteiger partial charge is 0.475 e. The van der Waals surface area contributed by atoms with Crippen LogP contribution in [-0.4, -0.2) is 50.5 Å². The molecule has 11 heteroatoms. The van der Waals surface area contributed by atoms with Crippen LogP contribution in [-0.2, 0) is 10.8 Å². The number of nitrogens with zero attached hydrogens (tertiary/aromatic N) is 3. The van der Waals surface area contributed by atoms with E-state index < -0.39 is 39.0 Å². The molecule has 0 bridgehead atoms. The summed E-state index contributed by atoms with van der Waals surface area (Å²) in [4.78, 5) is 5.32. The Morgan fingerprint density at radius 2 is 2.19 bits per heavy atom. The van der Waals surface area contributed by atoms with Crippen LogP contribution in [0.5, 0.6) is 5.75 Å². The molecule has 146 valence electrons. The molecule has 0 saturated heterocycles. The van der Waals surface area contributed by atoms with Crippen molar-refractivity contribution < 1.29 is 27.2 Å². The maximum Gasteiger partial charge on any atom is 0.475 e. The Balaban J connectivity index is 2.10. The van der Waals surface area contributed by atoms with Crippen LogP contribution < -0.4 is 10.1 Å². The molecule has 0 aromatic heterocycles. The zero-order chi connectivity index (χ0) is 20.0. The van der Waals surface area contributed by atoms with E-state index in [-0.39, 0.29) is 17.3 Å². The monoisotopic (exact) mass is 402 g/mol. The van der Waals surface area contributed by atoms with E-state index in [2.05, 4.69) is 10.3 Å². The number of benzene rings is 1. The number of nitrogens with one attached hydrogen (secondary N) is 1. The number of alkyl halides is 3. The number of aliphatic imine (C=N–C) groups is 1. The second-order valence-corrected chi connectivity index (χ2v) is 8.12. The van der Waals surface area contributed by atoms with E-state index in [9.17, 15) is 22.5 Å². The van der Waals surface area contributed by atoms with Crippen LogP contribution in [0.4, 0.5) is 13.2 Å². The zero-order valence-electron chi connectivity index (χ0n) is 14.4. The number of hydrogen-bond donors (Lipinski definition) is 2. The van der Waals surface area contributed by atoms with Crippen LogP contribution in [0.25, 0.3) is 0 Å². The summed E-state index contributed by atoms with van der Waals surface area (Å²) in [6, 6.07) is 2.72. The molecule has 0 saturated carbocycles. The number of rotatable bonds is 2. The summed E-state index contributed by atoms with van der Waals surface area (Å²) in [6.45, 7) is 4.02. The predicted octanol–water partition coefficient (Wildman–Crippen LogP) is 1.63. The maximum atomic E-state index is 12.9. The van der Waals surface area contributed by atoms with E-state index in [1.54, 1.807) is 24.9 Å². The fourth-order valence-electron chi connectivity index (χ4n) is 3.22. The van der Waals surface area contributed by atoms with Gasteiger partial charge in [0.2, 0.25) is 5.96 Å². The number of ether oxygens (including phenoxy) is 1. The molecule has 0 radical (unpaired) electrons. The highest BCUT2D eigenvalue weighted by atomic mass is 32.2. The second-order valence-electron chi connectivity index (χ2n) is 6.64. The van der Waals surface area contributed by atoms with Gasteiger partial charge >= 0.3 is 5.51 Å². The highest BCUT2D eigenvalue weighted by molar-refractivity contribution is 7.86. The number of aliphatic hydroxyl groups excluding tert-OH is 1. The number of guanidine groups is 1. The Kier molecular flexibility index (Phi) is 4.81. The normalized spacial score (nSPS) is 25.1. The van der Waals surface area contributed by atoms with E-state index in [0.717, 1.165) is 12.1 Å². The molecule has 0 spiro atoms. The minimum atomic E-state index is -4.90. The quantitative estimate of drug-likeness (QED) is 0.577. The minimum absolute atomic E-state index is 0.215. The molecule has 0 aliphatic carbocycles. The number of fused-ring (bicyclic) bond motifs is 1. The summed E-state index contributed by atoms with van der Waals surface area (Å²) in [5, 5.41) is 22.2. The number of aliphatic hydroxyl groups is 1. The van der Waals surface area contributed by atoms with Gasteiger partial charge in [0.25, 0.3) is 0 Å². The van der Waals surface area contributed by atoms with Crippen molar-refractivity contribution >= 4 is 16.8 Å². The van der Waals surface area contributed by atoms with Gasteiger partial charge in [-0.25, -0.2) is 4.21 Å². The molecular formula is C16H17F3N4O3S. The van der Waals surface area contributed by atoms with Crippen LogP contribution in [0.2, 0.25) is 0 Å². The highest BCUT2D eigenvalue weighted by Crippen LogP contribution is 2.44. The molecule has 2 aliphatic heterocycles. The van der Waals surface area contributed by atoms with E-state index in [4.69, 9.17) is 10.00 Å². The summed E-state index contributed by atoms with van der Waals surface area (Å²) in [6.07, 6.45) is 0.619. The zero-order valence-corrected chi connectivity index (χ0v) is 15.3. The summed E-state index contributed by atoms with van der Waals surface area (Å²) in [5.41, 5.74) is -5.69. The summed E-state index contributed by atoms with van der Waals surface area (Å²) < 4.78 is 56.1. The lowest BCUT2D eigenvalue weighted by molar-refractivity contribution is -0.0806. The molecule has 1 aromatic rings. The third kappa shape index (κ3) is 3.46. The second kappa shape index (κ2) is 6.69. The van der Waals surface area contributed by atoms with Crippen LogP contribution in [0.1, 0.15) is 25.5 Å². The lowest BCUT2D eigenvalue weighted by atomic mass is 9.85. The maximum absolute atomic E-state index is 12.9. The van der Waals surface area contributed by atoms with E-state index in [0.29, 0.717) is 13.1 Å². The molecule has 0 amide bonds. The van der Waals surface area contributed by atoms with Gasteiger partial charge < -0.3 is 14.7 Å².